The molecule has 5 heteroatoms. The molecule has 0 radical (unpaired) electrons. The number of esters is 1. The van der Waals surface area contributed by atoms with Crippen LogP contribution in [0.25, 0.3) is 0 Å². The van der Waals surface area contributed by atoms with Crippen molar-refractivity contribution in [2.45, 2.75) is 77.6 Å². The van der Waals surface area contributed by atoms with Gasteiger partial charge in [-0.3, -0.25) is 9.59 Å². The van der Waals surface area contributed by atoms with Gasteiger partial charge in [0.1, 0.15) is 11.9 Å². The van der Waals surface area contributed by atoms with Crippen LogP contribution in [0.5, 0.6) is 0 Å². The normalized spacial score (nSPS) is 42.5. The number of rotatable bonds is 4. The van der Waals surface area contributed by atoms with Crippen molar-refractivity contribution in [2.24, 2.45) is 28.6 Å². The van der Waals surface area contributed by atoms with Gasteiger partial charge in [-0.1, -0.05) is 18.6 Å². The van der Waals surface area contributed by atoms with Gasteiger partial charge in [0.25, 0.3) is 0 Å². The molecule has 0 aromatic heterocycles. The maximum atomic E-state index is 12.2. The lowest BCUT2D eigenvalue weighted by Crippen LogP contribution is -2.57. The summed E-state index contributed by atoms with van der Waals surface area (Å²) in [5, 5.41) is 0. The summed E-state index contributed by atoms with van der Waals surface area (Å²) < 4.78 is 17.5. The number of ether oxygens (including phenoxy) is 3. The maximum Gasteiger partial charge on any atom is 0.302 e. The molecule has 0 saturated heterocycles. The predicted molar refractivity (Wildman–Crippen MR) is 104 cm³/mol. The first-order valence-corrected chi connectivity index (χ1v) is 10.8. The van der Waals surface area contributed by atoms with Crippen LogP contribution in [-0.2, 0) is 23.8 Å². The lowest BCUT2D eigenvalue weighted by Gasteiger charge is -2.59. The van der Waals surface area contributed by atoms with Crippen molar-refractivity contribution >= 4 is 11.8 Å². The van der Waals surface area contributed by atoms with Gasteiger partial charge in [0.15, 0.2) is 6.29 Å². The largest absolute Gasteiger partial charge is 0.462 e. The molecule has 4 rings (SSSR count). The topological polar surface area (TPSA) is 61.8 Å². The molecular weight excluding hydrogens is 356 g/mol. The highest BCUT2D eigenvalue weighted by atomic mass is 16.7. The van der Waals surface area contributed by atoms with Crippen molar-refractivity contribution in [3.63, 3.8) is 0 Å². The first-order valence-electron chi connectivity index (χ1n) is 10.8. The highest BCUT2D eigenvalue weighted by molar-refractivity contribution is 5.82. The average Bonchev–Trinajstić information content (AvgIpc) is 2.98. The SMILES string of the molecule is COC(OC)C12CCC(=O)CC1=CCC1C3CCC(OC(C)=O)C3(C)CCC12. The molecule has 0 spiro atoms. The first kappa shape index (κ1) is 20.1. The number of hydrogen-bond acceptors (Lipinski definition) is 5. The van der Waals surface area contributed by atoms with Crippen molar-refractivity contribution < 1.29 is 23.8 Å². The van der Waals surface area contributed by atoms with Gasteiger partial charge < -0.3 is 14.2 Å². The summed E-state index contributed by atoms with van der Waals surface area (Å²) in [6.07, 6.45) is 9.25. The van der Waals surface area contributed by atoms with Crippen LogP contribution in [0.1, 0.15) is 65.2 Å². The number of carbonyl (C=O) groups is 2. The zero-order valence-corrected chi connectivity index (χ0v) is 17.7. The minimum absolute atomic E-state index is 0.0332. The van der Waals surface area contributed by atoms with Gasteiger partial charge in [0.05, 0.1) is 0 Å². The second-order valence-electron chi connectivity index (χ2n) is 9.62. The smallest absolute Gasteiger partial charge is 0.302 e. The van der Waals surface area contributed by atoms with Crippen LogP contribution in [0.3, 0.4) is 0 Å². The first-order chi connectivity index (χ1) is 13.4. The third-order valence-electron chi connectivity index (χ3n) is 8.61. The van der Waals surface area contributed by atoms with E-state index in [4.69, 9.17) is 14.2 Å². The second kappa shape index (κ2) is 7.24. The Kier molecular flexibility index (Phi) is 5.20. The van der Waals surface area contributed by atoms with Crippen molar-refractivity contribution in [3.05, 3.63) is 11.6 Å². The molecule has 0 heterocycles. The van der Waals surface area contributed by atoms with Gasteiger partial charge >= 0.3 is 5.97 Å². The average molecular weight is 391 g/mol. The summed E-state index contributed by atoms with van der Waals surface area (Å²) >= 11 is 0. The molecule has 5 nitrogen and oxygen atoms in total. The molecule has 3 saturated carbocycles. The molecule has 0 amide bonds. The van der Waals surface area contributed by atoms with Gasteiger partial charge in [-0.25, -0.2) is 0 Å². The van der Waals surface area contributed by atoms with Crippen molar-refractivity contribution in [2.75, 3.05) is 14.2 Å². The van der Waals surface area contributed by atoms with E-state index in [-0.39, 0.29) is 29.2 Å². The Morgan fingerprint density at radius 2 is 1.89 bits per heavy atom. The van der Waals surface area contributed by atoms with Crippen LogP contribution >= 0.6 is 0 Å². The van der Waals surface area contributed by atoms with Crippen molar-refractivity contribution in [3.8, 4) is 0 Å². The minimum Gasteiger partial charge on any atom is -0.462 e. The van der Waals surface area contributed by atoms with Crippen LogP contribution in [0.2, 0.25) is 0 Å². The molecule has 4 aliphatic rings. The summed E-state index contributed by atoms with van der Waals surface area (Å²) in [6.45, 7) is 3.85. The summed E-state index contributed by atoms with van der Waals surface area (Å²) in [4.78, 5) is 23.9. The Morgan fingerprint density at radius 3 is 2.57 bits per heavy atom. The standard InChI is InChI=1S/C23H34O5/c1-14(24)28-20-8-7-18-17-6-5-15-13-16(25)9-12-23(15,21(26-3)27-4)19(17)10-11-22(18,20)2/h5,17-21H,6-13H2,1-4H3. The highest BCUT2D eigenvalue weighted by Crippen LogP contribution is 2.66. The second-order valence-corrected chi connectivity index (χ2v) is 9.62. The van der Waals surface area contributed by atoms with E-state index in [1.807, 2.05) is 0 Å². The van der Waals surface area contributed by atoms with E-state index in [0.29, 0.717) is 36.4 Å². The number of ketones is 1. The Hall–Kier alpha value is -1.20. The van der Waals surface area contributed by atoms with E-state index in [1.165, 1.54) is 12.5 Å². The van der Waals surface area contributed by atoms with E-state index in [2.05, 4.69) is 13.0 Å². The number of allylic oxidation sites excluding steroid dienone is 1. The van der Waals surface area contributed by atoms with Crippen LogP contribution < -0.4 is 0 Å². The number of carbonyl (C=O) groups excluding carboxylic acids is 2. The number of fused-ring (bicyclic) bond motifs is 5. The zero-order chi connectivity index (χ0) is 20.1. The third kappa shape index (κ3) is 2.80. The zero-order valence-electron chi connectivity index (χ0n) is 17.7. The van der Waals surface area contributed by atoms with Crippen LogP contribution in [0, 0.1) is 28.6 Å². The fourth-order valence-corrected chi connectivity index (χ4v) is 7.50. The van der Waals surface area contributed by atoms with E-state index in [0.717, 1.165) is 38.5 Å². The molecule has 3 fully saturated rings. The lowest BCUT2D eigenvalue weighted by atomic mass is 9.47. The van der Waals surface area contributed by atoms with Crippen LogP contribution in [-0.4, -0.2) is 38.4 Å². The highest BCUT2D eigenvalue weighted by Gasteiger charge is 2.62. The summed E-state index contributed by atoms with van der Waals surface area (Å²) in [5.41, 5.74) is 1.11. The lowest BCUT2D eigenvalue weighted by molar-refractivity contribution is -0.212. The molecule has 0 aromatic rings. The maximum absolute atomic E-state index is 12.2. The molecule has 6 atom stereocenters. The van der Waals surface area contributed by atoms with Gasteiger partial charge in [0.2, 0.25) is 0 Å². The molecule has 0 N–H and O–H groups in total. The van der Waals surface area contributed by atoms with E-state index < -0.39 is 0 Å². The van der Waals surface area contributed by atoms with Gasteiger partial charge in [0, 0.05) is 44.8 Å². The van der Waals surface area contributed by atoms with Gasteiger partial charge in [-0.2, -0.15) is 0 Å². The molecular formula is C23H34O5. The monoisotopic (exact) mass is 390 g/mol. The molecule has 28 heavy (non-hydrogen) atoms. The number of hydrogen-bond donors (Lipinski definition) is 0. The fourth-order valence-electron chi connectivity index (χ4n) is 7.50. The molecule has 6 unspecified atom stereocenters. The number of methoxy groups -OCH3 is 2. The van der Waals surface area contributed by atoms with Crippen LogP contribution in [0.15, 0.2) is 11.6 Å². The molecule has 0 bridgehead atoms. The molecule has 4 aliphatic carbocycles. The number of Topliss-reactive ketones (excluding diaryl/α,β-unsaturated/α-hetero) is 1. The predicted octanol–water partition coefficient (Wildman–Crippen LogP) is 4.05. The van der Waals surface area contributed by atoms with E-state index >= 15 is 0 Å². The van der Waals surface area contributed by atoms with Gasteiger partial charge in [-0.15, -0.1) is 0 Å². The van der Waals surface area contributed by atoms with E-state index in [9.17, 15) is 9.59 Å². The minimum atomic E-state index is -0.310. The van der Waals surface area contributed by atoms with Crippen molar-refractivity contribution in [1.29, 1.82) is 0 Å². The summed E-state index contributed by atoms with van der Waals surface area (Å²) in [5.74, 6) is 1.70. The fraction of sp³-hybridized carbons (Fsp3) is 0.826. The van der Waals surface area contributed by atoms with Crippen LogP contribution in [0.4, 0.5) is 0 Å². The Balaban J connectivity index is 1.70. The Labute approximate surface area is 168 Å². The Morgan fingerprint density at radius 1 is 1.14 bits per heavy atom. The van der Waals surface area contributed by atoms with Gasteiger partial charge in [-0.05, 0) is 56.3 Å². The molecule has 0 aliphatic heterocycles. The Bertz CT molecular complexity index is 680. The third-order valence-corrected chi connectivity index (χ3v) is 8.61. The molecule has 156 valence electrons. The summed E-state index contributed by atoms with van der Waals surface area (Å²) in [6, 6.07) is 0. The van der Waals surface area contributed by atoms with Crippen molar-refractivity contribution in [1.82, 2.24) is 0 Å². The van der Waals surface area contributed by atoms with E-state index in [1.54, 1.807) is 14.2 Å². The quantitative estimate of drug-likeness (QED) is 0.412. The molecule has 0 aromatic carbocycles. The summed E-state index contributed by atoms with van der Waals surface area (Å²) in [7, 11) is 3.44.